The molecule has 0 fully saturated rings. The zero-order chi connectivity index (χ0) is 16.5. The predicted molar refractivity (Wildman–Crippen MR) is 91.5 cm³/mol. The lowest BCUT2D eigenvalue weighted by Gasteiger charge is -2.01. The summed E-state index contributed by atoms with van der Waals surface area (Å²) in [5, 5.41) is 11.1. The molecule has 2 aromatic heterocycles. The van der Waals surface area contributed by atoms with Crippen LogP contribution in [0.25, 0.3) is 22.3 Å². The number of H-pyrrole nitrogens is 1. The molecule has 4 aromatic rings. The largest absolute Gasteiger partial charge is 0.508 e. The van der Waals surface area contributed by atoms with Gasteiger partial charge in [-0.1, -0.05) is 11.8 Å². The third kappa shape index (κ3) is 2.83. The predicted octanol–water partition coefficient (Wildman–Crippen LogP) is 4.62. The first-order valence-corrected chi connectivity index (χ1v) is 8.07. The van der Waals surface area contributed by atoms with Crippen molar-refractivity contribution in [1.82, 2.24) is 15.0 Å². The number of halogens is 1. The van der Waals surface area contributed by atoms with Gasteiger partial charge in [0.1, 0.15) is 28.6 Å². The molecular weight excluding hydrogens is 325 g/mol. The minimum absolute atomic E-state index is 0.224. The van der Waals surface area contributed by atoms with Crippen LogP contribution in [0.1, 0.15) is 0 Å². The molecule has 0 saturated heterocycles. The maximum absolute atomic E-state index is 13.0. The van der Waals surface area contributed by atoms with Gasteiger partial charge in [0.25, 0.3) is 0 Å². The molecule has 0 aliphatic carbocycles. The molecule has 0 aliphatic rings. The Labute approximate surface area is 141 Å². The highest BCUT2D eigenvalue weighted by molar-refractivity contribution is 7.99. The Morgan fingerprint density at radius 1 is 0.958 bits per heavy atom. The van der Waals surface area contributed by atoms with E-state index >= 15 is 0 Å². The molecule has 24 heavy (non-hydrogen) atoms. The molecule has 6 heteroatoms. The molecule has 2 aromatic carbocycles. The smallest absolute Gasteiger partial charge is 0.142 e. The van der Waals surface area contributed by atoms with Crippen LogP contribution in [0.4, 0.5) is 4.39 Å². The standard InChI is InChI=1S/C18H12FN3OS/c19-12-3-7-14(8-4-12)24-18-15-9-16(22-17(15)20-10-21-18)11-1-5-13(23)6-2-11/h1-10,23H,(H,20,21,22). The molecule has 0 bridgehead atoms. The highest BCUT2D eigenvalue weighted by Crippen LogP contribution is 2.33. The lowest BCUT2D eigenvalue weighted by molar-refractivity contribution is 0.475. The van der Waals surface area contributed by atoms with Gasteiger partial charge in [-0.3, -0.25) is 0 Å². The first-order valence-electron chi connectivity index (χ1n) is 7.25. The summed E-state index contributed by atoms with van der Waals surface area (Å²) in [7, 11) is 0. The number of hydrogen-bond donors (Lipinski definition) is 2. The van der Waals surface area contributed by atoms with Gasteiger partial charge in [0.2, 0.25) is 0 Å². The summed E-state index contributed by atoms with van der Waals surface area (Å²) in [6.07, 6.45) is 1.51. The molecule has 4 nitrogen and oxygen atoms in total. The molecular formula is C18H12FN3OS. The van der Waals surface area contributed by atoms with Crippen LogP contribution in [0.2, 0.25) is 0 Å². The number of rotatable bonds is 3. The van der Waals surface area contributed by atoms with Crippen molar-refractivity contribution in [3.8, 4) is 17.0 Å². The summed E-state index contributed by atoms with van der Waals surface area (Å²) in [5.41, 5.74) is 2.58. The monoisotopic (exact) mass is 337 g/mol. The maximum atomic E-state index is 13.0. The zero-order valence-electron chi connectivity index (χ0n) is 12.4. The summed E-state index contributed by atoms with van der Waals surface area (Å²) < 4.78 is 13.0. The van der Waals surface area contributed by atoms with E-state index in [0.717, 1.165) is 32.2 Å². The van der Waals surface area contributed by atoms with Gasteiger partial charge in [-0.05, 0) is 60.2 Å². The molecule has 0 radical (unpaired) electrons. The first kappa shape index (κ1) is 14.7. The van der Waals surface area contributed by atoms with Crippen molar-refractivity contribution in [3.63, 3.8) is 0 Å². The molecule has 0 aliphatic heterocycles. The van der Waals surface area contributed by atoms with E-state index in [1.54, 1.807) is 24.3 Å². The first-order chi connectivity index (χ1) is 11.7. The van der Waals surface area contributed by atoms with Gasteiger partial charge < -0.3 is 10.1 Å². The summed E-state index contributed by atoms with van der Waals surface area (Å²) in [6.45, 7) is 0. The van der Waals surface area contributed by atoms with Crippen molar-refractivity contribution in [2.45, 2.75) is 9.92 Å². The van der Waals surface area contributed by atoms with Crippen LogP contribution in [-0.2, 0) is 0 Å². The van der Waals surface area contributed by atoms with Crippen LogP contribution < -0.4 is 0 Å². The van der Waals surface area contributed by atoms with E-state index in [1.807, 2.05) is 18.2 Å². The summed E-state index contributed by atoms with van der Waals surface area (Å²) in [4.78, 5) is 12.8. The molecule has 118 valence electrons. The number of aromatic amines is 1. The number of fused-ring (bicyclic) bond motifs is 1. The molecule has 0 atom stereocenters. The van der Waals surface area contributed by atoms with Crippen LogP contribution in [0.15, 0.2) is 70.8 Å². The Balaban J connectivity index is 1.74. The van der Waals surface area contributed by atoms with Crippen LogP contribution in [0.3, 0.4) is 0 Å². The van der Waals surface area contributed by atoms with Crippen molar-refractivity contribution in [1.29, 1.82) is 0 Å². The number of aromatic nitrogens is 3. The van der Waals surface area contributed by atoms with Gasteiger partial charge in [0.05, 0.1) is 5.39 Å². The topological polar surface area (TPSA) is 61.8 Å². The van der Waals surface area contributed by atoms with E-state index in [9.17, 15) is 9.50 Å². The van der Waals surface area contributed by atoms with E-state index in [2.05, 4.69) is 15.0 Å². The third-order valence-corrected chi connectivity index (χ3v) is 4.62. The molecule has 4 rings (SSSR count). The van der Waals surface area contributed by atoms with E-state index < -0.39 is 0 Å². The second kappa shape index (κ2) is 5.98. The molecule has 0 amide bonds. The van der Waals surface area contributed by atoms with Gasteiger partial charge >= 0.3 is 0 Å². The van der Waals surface area contributed by atoms with Gasteiger partial charge in [0, 0.05) is 10.6 Å². The average Bonchev–Trinajstić information content (AvgIpc) is 3.03. The van der Waals surface area contributed by atoms with Crippen LogP contribution in [0.5, 0.6) is 5.75 Å². The number of hydrogen-bond acceptors (Lipinski definition) is 4. The van der Waals surface area contributed by atoms with E-state index in [-0.39, 0.29) is 11.6 Å². The van der Waals surface area contributed by atoms with Crippen LogP contribution in [0, 0.1) is 5.82 Å². The number of nitrogens with zero attached hydrogens (tertiary/aromatic N) is 2. The summed E-state index contributed by atoms with van der Waals surface area (Å²) in [5.74, 6) is -0.0364. The highest BCUT2D eigenvalue weighted by atomic mass is 32.2. The number of benzene rings is 2. The average molecular weight is 337 g/mol. The number of phenolic OH excluding ortho intramolecular Hbond substituents is 1. The highest BCUT2D eigenvalue weighted by Gasteiger charge is 2.11. The number of aromatic hydroxyl groups is 1. The minimum atomic E-state index is -0.261. The fourth-order valence-electron chi connectivity index (χ4n) is 2.41. The number of nitrogens with one attached hydrogen (secondary N) is 1. The lowest BCUT2D eigenvalue weighted by Crippen LogP contribution is -1.84. The van der Waals surface area contributed by atoms with Gasteiger partial charge in [0.15, 0.2) is 0 Å². The van der Waals surface area contributed by atoms with Crippen molar-refractivity contribution in [2.75, 3.05) is 0 Å². The second-order valence-electron chi connectivity index (χ2n) is 5.23. The fraction of sp³-hybridized carbons (Fsp3) is 0. The lowest BCUT2D eigenvalue weighted by atomic mass is 10.1. The minimum Gasteiger partial charge on any atom is -0.508 e. The quantitative estimate of drug-likeness (QED) is 0.536. The van der Waals surface area contributed by atoms with Crippen LogP contribution in [-0.4, -0.2) is 20.1 Å². The second-order valence-corrected chi connectivity index (χ2v) is 6.29. The Morgan fingerprint density at radius 2 is 1.71 bits per heavy atom. The van der Waals surface area contributed by atoms with Crippen molar-refractivity contribution < 1.29 is 9.50 Å². The zero-order valence-corrected chi connectivity index (χ0v) is 13.2. The molecule has 0 spiro atoms. The third-order valence-electron chi connectivity index (χ3n) is 3.60. The molecule has 2 heterocycles. The molecule has 0 saturated carbocycles. The van der Waals surface area contributed by atoms with Crippen molar-refractivity contribution in [2.24, 2.45) is 0 Å². The van der Waals surface area contributed by atoms with E-state index in [1.165, 1.54) is 30.2 Å². The van der Waals surface area contributed by atoms with Gasteiger partial charge in [-0.2, -0.15) is 0 Å². The van der Waals surface area contributed by atoms with Crippen LogP contribution >= 0.6 is 11.8 Å². The molecule has 0 unspecified atom stereocenters. The van der Waals surface area contributed by atoms with Gasteiger partial charge in [-0.15, -0.1) is 0 Å². The fourth-order valence-corrected chi connectivity index (χ4v) is 3.27. The Bertz CT molecular complexity index is 997. The Hall–Kier alpha value is -2.86. The van der Waals surface area contributed by atoms with Gasteiger partial charge in [-0.25, -0.2) is 14.4 Å². The Kier molecular flexibility index (Phi) is 3.66. The maximum Gasteiger partial charge on any atom is 0.142 e. The SMILES string of the molecule is Oc1ccc(-c2cc3c(Sc4ccc(F)cc4)ncnc3[nH]2)cc1. The van der Waals surface area contributed by atoms with Crippen molar-refractivity contribution in [3.05, 3.63) is 66.7 Å². The Morgan fingerprint density at radius 3 is 2.46 bits per heavy atom. The molecule has 2 N–H and O–H groups in total. The summed E-state index contributed by atoms with van der Waals surface area (Å²) >= 11 is 1.46. The number of phenols is 1. The summed E-state index contributed by atoms with van der Waals surface area (Å²) in [6, 6.07) is 15.2. The normalized spacial score (nSPS) is 11.0. The van der Waals surface area contributed by atoms with E-state index in [0.29, 0.717) is 0 Å². The van der Waals surface area contributed by atoms with Crippen molar-refractivity contribution >= 4 is 22.8 Å². The van der Waals surface area contributed by atoms with E-state index in [4.69, 9.17) is 0 Å².